The Morgan fingerprint density at radius 1 is 1.06 bits per heavy atom. The number of aromatic nitrogens is 2. The van der Waals surface area contributed by atoms with Crippen LogP contribution in [0.25, 0.3) is 11.0 Å². The maximum atomic E-state index is 4.56. The summed E-state index contributed by atoms with van der Waals surface area (Å²) in [6, 6.07) is 6.26. The summed E-state index contributed by atoms with van der Waals surface area (Å²) in [5, 5.41) is 1.22. The molecule has 1 fully saturated rings. The van der Waals surface area contributed by atoms with Crippen LogP contribution >= 0.6 is 15.9 Å². The van der Waals surface area contributed by atoms with Gasteiger partial charge in [0.1, 0.15) is 10.3 Å². The van der Waals surface area contributed by atoms with Gasteiger partial charge in [-0.2, -0.15) is 0 Å². The second-order valence-corrected chi connectivity index (χ2v) is 5.77. The number of fused-ring (bicyclic) bond motifs is 1. The van der Waals surface area contributed by atoms with Crippen LogP contribution in [0.4, 0.5) is 0 Å². The van der Waals surface area contributed by atoms with Gasteiger partial charge in [0.15, 0.2) is 0 Å². The van der Waals surface area contributed by atoms with E-state index in [0.717, 1.165) is 23.3 Å². The zero-order chi connectivity index (χ0) is 12.4. The van der Waals surface area contributed by atoms with Gasteiger partial charge in [-0.05, 0) is 60.1 Å². The lowest BCUT2D eigenvalue weighted by atomic mass is 10.1. The number of halogens is 1. The van der Waals surface area contributed by atoms with Crippen molar-refractivity contribution >= 4 is 27.0 Å². The van der Waals surface area contributed by atoms with E-state index in [1.165, 1.54) is 37.7 Å². The van der Waals surface area contributed by atoms with Crippen LogP contribution in [0.5, 0.6) is 0 Å². The zero-order valence-electron chi connectivity index (χ0n) is 10.5. The minimum absolute atomic E-state index is 0.910. The molecule has 1 aliphatic rings. The maximum absolute atomic E-state index is 4.56. The molecule has 3 heterocycles. The van der Waals surface area contributed by atoms with E-state index in [1.807, 2.05) is 6.07 Å². The van der Waals surface area contributed by atoms with Crippen LogP contribution in [0.15, 0.2) is 29.0 Å². The lowest BCUT2D eigenvalue weighted by Crippen LogP contribution is -2.32. The fraction of sp³-hybridized carbons (Fsp3) is 0.500. The van der Waals surface area contributed by atoms with Crippen molar-refractivity contribution in [1.29, 1.82) is 0 Å². The third-order valence-electron chi connectivity index (χ3n) is 3.68. The van der Waals surface area contributed by atoms with Gasteiger partial charge in [0.05, 0.1) is 0 Å². The molecule has 2 aromatic rings. The summed E-state index contributed by atoms with van der Waals surface area (Å²) in [5.74, 6) is 0. The first kappa shape index (κ1) is 12.2. The van der Waals surface area contributed by atoms with Gasteiger partial charge in [-0.25, -0.2) is 4.98 Å². The van der Waals surface area contributed by atoms with Crippen LogP contribution in [0.2, 0.25) is 0 Å². The van der Waals surface area contributed by atoms with Crippen molar-refractivity contribution in [2.45, 2.75) is 25.8 Å². The lowest BCUT2D eigenvalue weighted by molar-refractivity contribution is 0.221. The number of rotatable bonds is 3. The molecule has 0 bridgehead atoms. The molecule has 0 N–H and O–H groups in total. The van der Waals surface area contributed by atoms with Gasteiger partial charge in [0, 0.05) is 24.7 Å². The summed E-state index contributed by atoms with van der Waals surface area (Å²) in [6.45, 7) is 4.69. The Bertz CT molecular complexity index is 529. The van der Waals surface area contributed by atoms with Gasteiger partial charge < -0.3 is 9.47 Å². The first-order valence-corrected chi connectivity index (χ1v) is 7.46. The smallest absolute Gasteiger partial charge is 0.141 e. The van der Waals surface area contributed by atoms with Crippen molar-refractivity contribution < 1.29 is 0 Å². The van der Waals surface area contributed by atoms with E-state index in [4.69, 9.17) is 0 Å². The highest BCUT2D eigenvalue weighted by Crippen LogP contribution is 2.17. The van der Waals surface area contributed by atoms with E-state index in [2.05, 4.69) is 48.7 Å². The molecule has 0 unspecified atom stereocenters. The Labute approximate surface area is 116 Å². The van der Waals surface area contributed by atoms with Crippen molar-refractivity contribution in [3.63, 3.8) is 0 Å². The SMILES string of the molecule is Brc1ccc2ccn(CCN3CCCCC3)c2n1. The van der Waals surface area contributed by atoms with Crippen molar-refractivity contribution in [1.82, 2.24) is 14.5 Å². The van der Waals surface area contributed by atoms with E-state index in [0.29, 0.717) is 0 Å². The highest BCUT2D eigenvalue weighted by molar-refractivity contribution is 9.10. The standard InChI is InChI=1S/C14H18BrN3/c15-13-5-4-12-6-9-18(14(12)16-13)11-10-17-7-2-1-3-8-17/h4-6,9H,1-3,7-8,10-11H2. The maximum Gasteiger partial charge on any atom is 0.141 e. The summed E-state index contributed by atoms with van der Waals surface area (Å²) >= 11 is 3.44. The van der Waals surface area contributed by atoms with Crippen LogP contribution in [-0.2, 0) is 6.54 Å². The van der Waals surface area contributed by atoms with Crippen LogP contribution < -0.4 is 0 Å². The van der Waals surface area contributed by atoms with E-state index < -0.39 is 0 Å². The van der Waals surface area contributed by atoms with E-state index in [9.17, 15) is 0 Å². The fourth-order valence-corrected chi connectivity index (χ4v) is 2.95. The minimum atomic E-state index is 0.910. The molecule has 1 saturated heterocycles. The molecule has 3 nitrogen and oxygen atoms in total. The second kappa shape index (κ2) is 5.41. The van der Waals surface area contributed by atoms with Crippen molar-refractivity contribution in [3.8, 4) is 0 Å². The monoisotopic (exact) mass is 307 g/mol. The zero-order valence-corrected chi connectivity index (χ0v) is 12.1. The first-order chi connectivity index (χ1) is 8.83. The number of nitrogens with zero attached hydrogens (tertiary/aromatic N) is 3. The van der Waals surface area contributed by atoms with Gasteiger partial charge >= 0.3 is 0 Å². The van der Waals surface area contributed by atoms with Crippen LogP contribution in [0.1, 0.15) is 19.3 Å². The summed E-state index contributed by atoms with van der Waals surface area (Å²) in [5.41, 5.74) is 1.08. The average molecular weight is 308 g/mol. The van der Waals surface area contributed by atoms with Crippen LogP contribution in [-0.4, -0.2) is 34.1 Å². The third kappa shape index (κ3) is 2.59. The molecule has 0 saturated carbocycles. The molecule has 4 heteroatoms. The molecule has 1 aliphatic heterocycles. The van der Waals surface area contributed by atoms with Crippen LogP contribution in [0, 0.1) is 0 Å². The van der Waals surface area contributed by atoms with Crippen molar-refractivity contribution in [3.05, 3.63) is 29.0 Å². The highest BCUT2D eigenvalue weighted by Gasteiger charge is 2.10. The van der Waals surface area contributed by atoms with Crippen molar-refractivity contribution in [2.75, 3.05) is 19.6 Å². The first-order valence-electron chi connectivity index (χ1n) is 6.67. The highest BCUT2D eigenvalue weighted by atomic mass is 79.9. The van der Waals surface area contributed by atoms with Gasteiger partial charge in [0.2, 0.25) is 0 Å². The molecule has 0 atom stereocenters. The van der Waals surface area contributed by atoms with Gasteiger partial charge in [-0.3, -0.25) is 0 Å². The summed E-state index contributed by atoms with van der Waals surface area (Å²) < 4.78 is 3.17. The Balaban J connectivity index is 1.72. The molecule has 0 aliphatic carbocycles. The summed E-state index contributed by atoms with van der Waals surface area (Å²) in [6.07, 6.45) is 6.26. The second-order valence-electron chi connectivity index (χ2n) is 4.96. The molecule has 0 amide bonds. The Morgan fingerprint density at radius 2 is 1.89 bits per heavy atom. The Hall–Kier alpha value is -0.870. The van der Waals surface area contributed by atoms with E-state index in [-0.39, 0.29) is 0 Å². The van der Waals surface area contributed by atoms with E-state index >= 15 is 0 Å². The molecule has 0 spiro atoms. The quantitative estimate of drug-likeness (QED) is 0.811. The predicted molar refractivity (Wildman–Crippen MR) is 77.7 cm³/mol. The fourth-order valence-electron chi connectivity index (χ4n) is 2.65. The van der Waals surface area contributed by atoms with Gasteiger partial charge in [-0.1, -0.05) is 6.42 Å². The average Bonchev–Trinajstić information content (AvgIpc) is 2.80. The molecule has 0 aromatic carbocycles. The third-order valence-corrected chi connectivity index (χ3v) is 4.12. The summed E-state index contributed by atoms with van der Waals surface area (Å²) in [7, 11) is 0. The van der Waals surface area contributed by atoms with Crippen LogP contribution in [0.3, 0.4) is 0 Å². The molecule has 96 valence electrons. The molecular formula is C14H18BrN3. The number of likely N-dealkylation sites (tertiary alicyclic amines) is 1. The Morgan fingerprint density at radius 3 is 2.72 bits per heavy atom. The number of pyridine rings is 1. The molecule has 2 aromatic heterocycles. The van der Waals surface area contributed by atoms with Gasteiger partial charge in [0.25, 0.3) is 0 Å². The minimum Gasteiger partial charge on any atom is -0.331 e. The normalized spacial score (nSPS) is 17.4. The van der Waals surface area contributed by atoms with Gasteiger partial charge in [-0.15, -0.1) is 0 Å². The number of hydrogen-bond donors (Lipinski definition) is 0. The molecule has 18 heavy (non-hydrogen) atoms. The number of hydrogen-bond acceptors (Lipinski definition) is 2. The molecule has 3 rings (SSSR count). The summed E-state index contributed by atoms with van der Waals surface area (Å²) in [4.78, 5) is 7.12. The molecular weight excluding hydrogens is 290 g/mol. The van der Waals surface area contributed by atoms with E-state index in [1.54, 1.807) is 0 Å². The molecule has 0 radical (unpaired) electrons. The lowest BCUT2D eigenvalue weighted by Gasteiger charge is -2.26. The number of piperidine rings is 1. The predicted octanol–water partition coefficient (Wildman–Crippen LogP) is 3.28. The largest absolute Gasteiger partial charge is 0.331 e. The van der Waals surface area contributed by atoms with Crippen molar-refractivity contribution in [2.24, 2.45) is 0 Å². The Kier molecular flexibility index (Phi) is 3.66. The topological polar surface area (TPSA) is 21.1 Å².